The zero-order valence-corrected chi connectivity index (χ0v) is 14.9. The van der Waals surface area contributed by atoms with Crippen molar-refractivity contribution in [1.29, 1.82) is 0 Å². The largest absolute Gasteiger partial charge is 0.367 e. The van der Waals surface area contributed by atoms with Gasteiger partial charge in [-0.1, -0.05) is 62.4 Å². The second kappa shape index (κ2) is 8.85. The Kier molecular flexibility index (Phi) is 6.82. The van der Waals surface area contributed by atoms with Gasteiger partial charge in [-0.25, -0.2) is 0 Å². The Morgan fingerprint density at radius 3 is 1.74 bits per heavy atom. The fourth-order valence-electron chi connectivity index (χ4n) is 2.92. The number of ether oxygens (including phenoxy) is 1. The lowest BCUT2D eigenvalue weighted by Crippen LogP contribution is -2.21. The summed E-state index contributed by atoms with van der Waals surface area (Å²) in [6, 6.07) is 17.3. The topological polar surface area (TPSA) is 12.5 Å². The van der Waals surface area contributed by atoms with Crippen LogP contribution < -0.4 is 0 Å². The molecule has 0 fully saturated rings. The Morgan fingerprint density at radius 2 is 1.30 bits per heavy atom. The van der Waals surface area contributed by atoms with Crippen LogP contribution in [0, 0.1) is 0 Å². The highest BCUT2D eigenvalue weighted by molar-refractivity contribution is 5.40. The van der Waals surface area contributed by atoms with E-state index in [1.54, 1.807) is 0 Å². The second-order valence-electron chi connectivity index (χ2n) is 6.16. The zero-order valence-electron chi connectivity index (χ0n) is 14.9. The molecule has 2 aromatic carbocycles. The molecule has 0 bridgehead atoms. The molecule has 23 heavy (non-hydrogen) atoms. The molecule has 0 spiro atoms. The van der Waals surface area contributed by atoms with Gasteiger partial charge in [0.1, 0.15) is 6.10 Å². The van der Waals surface area contributed by atoms with Gasteiger partial charge in [0.15, 0.2) is 0 Å². The fourth-order valence-corrected chi connectivity index (χ4v) is 2.92. The molecular formula is C21H29NO. The van der Waals surface area contributed by atoms with Gasteiger partial charge in [-0.15, -0.1) is 0 Å². The van der Waals surface area contributed by atoms with Crippen molar-refractivity contribution < 1.29 is 4.74 Å². The first-order valence-corrected chi connectivity index (χ1v) is 8.59. The van der Waals surface area contributed by atoms with Crippen molar-refractivity contribution in [2.75, 3.05) is 27.2 Å². The number of hydrogen-bond acceptors (Lipinski definition) is 2. The Bertz CT molecular complexity index is 559. The third-order valence-electron chi connectivity index (χ3n) is 4.26. The maximum atomic E-state index is 6.37. The van der Waals surface area contributed by atoms with Crippen LogP contribution in [-0.2, 0) is 17.6 Å². The van der Waals surface area contributed by atoms with Crippen LogP contribution in [-0.4, -0.2) is 32.1 Å². The van der Waals surface area contributed by atoms with Crippen LogP contribution >= 0.6 is 0 Å². The van der Waals surface area contributed by atoms with Crippen molar-refractivity contribution >= 4 is 0 Å². The third-order valence-corrected chi connectivity index (χ3v) is 4.26. The number of hydrogen-bond donors (Lipinski definition) is 0. The van der Waals surface area contributed by atoms with E-state index in [9.17, 15) is 0 Å². The minimum atomic E-state index is 0.0160. The number of aryl methyl sites for hydroxylation is 2. The second-order valence-corrected chi connectivity index (χ2v) is 6.16. The SMILES string of the molecule is CCc1ccccc1C(OCCN(C)C)c1ccccc1CC. The Morgan fingerprint density at radius 1 is 0.826 bits per heavy atom. The molecule has 124 valence electrons. The molecule has 0 atom stereocenters. The number of rotatable bonds is 8. The first-order chi connectivity index (χ1) is 11.2. The summed E-state index contributed by atoms with van der Waals surface area (Å²) in [4.78, 5) is 2.16. The van der Waals surface area contributed by atoms with Gasteiger partial charge >= 0.3 is 0 Å². The van der Waals surface area contributed by atoms with E-state index in [0.29, 0.717) is 0 Å². The smallest absolute Gasteiger partial charge is 0.108 e. The average Bonchev–Trinajstić information content (AvgIpc) is 2.58. The molecule has 2 heteroatoms. The summed E-state index contributed by atoms with van der Waals surface area (Å²) >= 11 is 0. The van der Waals surface area contributed by atoms with Crippen molar-refractivity contribution in [2.24, 2.45) is 0 Å². The van der Waals surface area contributed by atoms with Gasteiger partial charge < -0.3 is 9.64 Å². The molecule has 0 amide bonds. The normalized spacial score (nSPS) is 11.4. The Hall–Kier alpha value is -1.64. The fraction of sp³-hybridized carbons (Fsp3) is 0.429. The summed E-state index contributed by atoms with van der Waals surface area (Å²) in [6.07, 6.45) is 2.07. The van der Waals surface area contributed by atoms with E-state index < -0.39 is 0 Å². The predicted molar refractivity (Wildman–Crippen MR) is 98.0 cm³/mol. The van der Waals surface area contributed by atoms with Crippen molar-refractivity contribution in [3.05, 3.63) is 70.8 Å². The molecule has 0 aliphatic carbocycles. The first-order valence-electron chi connectivity index (χ1n) is 8.59. The number of nitrogens with zero attached hydrogens (tertiary/aromatic N) is 1. The van der Waals surface area contributed by atoms with Crippen molar-refractivity contribution in [2.45, 2.75) is 32.8 Å². The van der Waals surface area contributed by atoms with Gasteiger partial charge in [0.05, 0.1) is 6.61 Å². The van der Waals surface area contributed by atoms with E-state index >= 15 is 0 Å². The number of benzene rings is 2. The van der Waals surface area contributed by atoms with E-state index in [2.05, 4.69) is 81.4 Å². The number of likely N-dealkylation sites (N-methyl/N-ethyl adjacent to an activating group) is 1. The van der Waals surface area contributed by atoms with E-state index in [4.69, 9.17) is 4.74 Å². The molecule has 0 aromatic heterocycles. The maximum absolute atomic E-state index is 6.37. The van der Waals surface area contributed by atoms with Crippen LogP contribution in [0.15, 0.2) is 48.5 Å². The molecule has 0 saturated heterocycles. The molecule has 0 heterocycles. The van der Waals surface area contributed by atoms with Gasteiger partial charge in [-0.05, 0) is 49.2 Å². The molecule has 0 aliphatic heterocycles. The lowest BCUT2D eigenvalue weighted by atomic mass is 9.92. The predicted octanol–water partition coefficient (Wildman–Crippen LogP) is 4.48. The van der Waals surface area contributed by atoms with Crippen LogP contribution in [0.1, 0.15) is 42.2 Å². The molecule has 2 aromatic rings. The van der Waals surface area contributed by atoms with Crippen LogP contribution in [0.2, 0.25) is 0 Å². The summed E-state index contributed by atoms with van der Waals surface area (Å²) in [5.74, 6) is 0. The summed E-state index contributed by atoms with van der Waals surface area (Å²) in [7, 11) is 4.16. The van der Waals surface area contributed by atoms with Crippen LogP contribution in [0.25, 0.3) is 0 Å². The monoisotopic (exact) mass is 311 g/mol. The average molecular weight is 311 g/mol. The zero-order chi connectivity index (χ0) is 16.7. The third kappa shape index (κ3) is 4.66. The molecule has 0 aliphatic rings. The standard InChI is InChI=1S/C21H29NO/c1-5-17-11-7-9-13-19(17)21(23-16-15-22(3)4)20-14-10-8-12-18(20)6-2/h7-14,21H,5-6,15-16H2,1-4H3. The van der Waals surface area contributed by atoms with Crippen LogP contribution in [0.4, 0.5) is 0 Å². The van der Waals surface area contributed by atoms with E-state index in [1.807, 2.05) is 0 Å². The molecule has 2 nitrogen and oxygen atoms in total. The minimum Gasteiger partial charge on any atom is -0.367 e. The molecule has 0 unspecified atom stereocenters. The highest BCUT2D eigenvalue weighted by atomic mass is 16.5. The lowest BCUT2D eigenvalue weighted by Gasteiger charge is -2.24. The van der Waals surface area contributed by atoms with Crippen molar-refractivity contribution in [3.63, 3.8) is 0 Å². The Labute approximate surface area is 141 Å². The quantitative estimate of drug-likeness (QED) is 0.713. The van der Waals surface area contributed by atoms with Crippen molar-refractivity contribution in [3.8, 4) is 0 Å². The highest BCUT2D eigenvalue weighted by Crippen LogP contribution is 2.31. The molecular weight excluding hydrogens is 282 g/mol. The summed E-state index contributed by atoms with van der Waals surface area (Å²) in [6.45, 7) is 6.08. The maximum Gasteiger partial charge on any atom is 0.108 e. The highest BCUT2D eigenvalue weighted by Gasteiger charge is 2.19. The van der Waals surface area contributed by atoms with Gasteiger partial charge in [-0.3, -0.25) is 0 Å². The van der Waals surface area contributed by atoms with Gasteiger partial charge in [0.25, 0.3) is 0 Å². The van der Waals surface area contributed by atoms with Crippen LogP contribution in [0.5, 0.6) is 0 Å². The summed E-state index contributed by atoms with van der Waals surface area (Å²) < 4.78 is 6.37. The molecule has 0 saturated carbocycles. The lowest BCUT2D eigenvalue weighted by molar-refractivity contribution is 0.0677. The van der Waals surface area contributed by atoms with Crippen molar-refractivity contribution in [1.82, 2.24) is 4.90 Å². The molecule has 0 radical (unpaired) electrons. The summed E-state index contributed by atoms with van der Waals surface area (Å²) in [5.41, 5.74) is 5.34. The molecule has 0 N–H and O–H groups in total. The summed E-state index contributed by atoms with van der Waals surface area (Å²) in [5, 5.41) is 0. The minimum absolute atomic E-state index is 0.0160. The molecule has 2 rings (SSSR count). The first kappa shape index (κ1) is 17.7. The Balaban J connectivity index is 2.39. The van der Waals surface area contributed by atoms with Gasteiger partial charge in [-0.2, -0.15) is 0 Å². The van der Waals surface area contributed by atoms with Crippen LogP contribution in [0.3, 0.4) is 0 Å². The van der Waals surface area contributed by atoms with Gasteiger partial charge in [0.2, 0.25) is 0 Å². The van der Waals surface area contributed by atoms with E-state index in [0.717, 1.165) is 26.0 Å². The van der Waals surface area contributed by atoms with E-state index in [1.165, 1.54) is 22.3 Å². The van der Waals surface area contributed by atoms with E-state index in [-0.39, 0.29) is 6.10 Å². The van der Waals surface area contributed by atoms with Gasteiger partial charge in [0, 0.05) is 6.54 Å².